The lowest BCUT2D eigenvalue weighted by Crippen LogP contribution is -2.30. The van der Waals surface area contributed by atoms with Crippen molar-refractivity contribution in [2.45, 2.75) is 19.3 Å². The molecule has 3 heterocycles. The zero-order valence-corrected chi connectivity index (χ0v) is 28.1. The highest BCUT2D eigenvalue weighted by molar-refractivity contribution is 6.20. The Balaban J connectivity index is 1.23. The molecule has 1 aliphatic heterocycles. The standard InChI is InChI=1S/C47H35N3/c1-47(2)40-20-10-13-23-43(40)49(44-24-14-11-21-41(44)47)34-25-27-35(28-26-34)50-42-22-12-9-19-36(42)37-29-30-38-39(32-15-5-3-6-16-32)31-48(45(38)46(37)50)33-17-7-4-8-18-33/h3-31H,1-2H3. The largest absolute Gasteiger partial charge is 0.314 e. The smallest absolute Gasteiger partial charge is 0.0788 e. The molecule has 0 fully saturated rings. The average molecular weight is 642 g/mol. The molecule has 0 aliphatic carbocycles. The molecule has 0 bridgehead atoms. The molecule has 0 saturated heterocycles. The van der Waals surface area contributed by atoms with Crippen LogP contribution in [0.15, 0.2) is 176 Å². The van der Waals surface area contributed by atoms with Gasteiger partial charge in [-0.25, -0.2) is 0 Å². The quantitative estimate of drug-likeness (QED) is 0.186. The summed E-state index contributed by atoms with van der Waals surface area (Å²) in [6.45, 7) is 4.67. The van der Waals surface area contributed by atoms with Gasteiger partial charge >= 0.3 is 0 Å². The topological polar surface area (TPSA) is 13.1 Å². The van der Waals surface area contributed by atoms with Gasteiger partial charge in [0.15, 0.2) is 0 Å². The van der Waals surface area contributed by atoms with Crippen molar-refractivity contribution in [3.05, 3.63) is 187 Å². The molecule has 3 heteroatoms. The number of anilines is 3. The summed E-state index contributed by atoms with van der Waals surface area (Å²) in [6, 6.07) is 61.8. The van der Waals surface area contributed by atoms with E-state index in [4.69, 9.17) is 0 Å². The van der Waals surface area contributed by atoms with E-state index in [0.717, 1.165) is 17.1 Å². The van der Waals surface area contributed by atoms with E-state index >= 15 is 0 Å². The Bertz CT molecular complexity index is 2660. The third kappa shape index (κ3) is 4.10. The molecule has 238 valence electrons. The third-order valence-electron chi connectivity index (χ3n) is 10.7. The maximum Gasteiger partial charge on any atom is 0.0788 e. The minimum absolute atomic E-state index is 0.0930. The average Bonchev–Trinajstić information content (AvgIpc) is 3.73. The number of benzene rings is 7. The molecule has 0 radical (unpaired) electrons. The summed E-state index contributed by atoms with van der Waals surface area (Å²) in [7, 11) is 0. The summed E-state index contributed by atoms with van der Waals surface area (Å²) < 4.78 is 4.85. The van der Waals surface area contributed by atoms with Crippen molar-refractivity contribution in [2.75, 3.05) is 4.90 Å². The molecule has 1 aliphatic rings. The summed E-state index contributed by atoms with van der Waals surface area (Å²) in [4.78, 5) is 2.43. The van der Waals surface area contributed by atoms with Gasteiger partial charge < -0.3 is 14.0 Å². The van der Waals surface area contributed by atoms with E-state index in [1.807, 2.05) is 0 Å². The number of hydrogen-bond acceptors (Lipinski definition) is 1. The summed E-state index contributed by atoms with van der Waals surface area (Å²) in [5.41, 5.74) is 14.5. The fourth-order valence-electron chi connectivity index (χ4n) is 8.37. The predicted molar refractivity (Wildman–Crippen MR) is 210 cm³/mol. The fourth-order valence-corrected chi connectivity index (χ4v) is 8.37. The predicted octanol–water partition coefficient (Wildman–Crippen LogP) is 12.5. The molecule has 2 aromatic heterocycles. The molecule has 9 aromatic rings. The summed E-state index contributed by atoms with van der Waals surface area (Å²) in [5.74, 6) is 0. The summed E-state index contributed by atoms with van der Waals surface area (Å²) in [6.07, 6.45) is 2.31. The lowest BCUT2D eigenvalue weighted by Gasteiger charge is -2.42. The van der Waals surface area contributed by atoms with E-state index in [1.54, 1.807) is 0 Å². The molecular weight excluding hydrogens is 607 g/mol. The van der Waals surface area contributed by atoms with Gasteiger partial charge in [-0.3, -0.25) is 0 Å². The van der Waals surface area contributed by atoms with Crippen LogP contribution in [0.1, 0.15) is 25.0 Å². The van der Waals surface area contributed by atoms with Gasteiger partial charge in [-0.05, 0) is 71.3 Å². The van der Waals surface area contributed by atoms with Crippen LogP contribution in [-0.4, -0.2) is 9.13 Å². The van der Waals surface area contributed by atoms with Crippen LogP contribution >= 0.6 is 0 Å². The highest BCUT2D eigenvalue weighted by Gasteiger charge is 2.36. The second-order valence-electron chi connectivity index (χ2n) is 13.8. The SMILES string of the molecule is CC1(C)c2ccccc2N(c2ccc(-n3c4ccccc4c4ccc5c(-c6ccccc6)cn(-c6ccccc6)c5c43)cc2)c2ccccc21. The van der Waals surface area contributed by atoms with E-state index in [2.05, 4.69) is 204 Å². The molecule has 0 amide bonds. The number of aromatic nitrogens is 2. The first kappa shape index (κ1) is 28.7. The zero-order chi connectivity index (χ0) is 33.4. The molecule has 0 unspecified atom stereocenters. The molecule has 0 spiro atoms. The first-order valence-electron chi connectivity index (χ1n) is 17.4. The van der Waals surface area contributed by atoms with E-state index in [0.29, 0.717) is 0 Å². The number of rotatable bonds is 4. The molecule has 0 atom stereocenters. The highest BCUT2D eigenvalue weighted by atomic mass is 15.2. The summed E-state index contributed by atoms with van der Waals surface area (Å²) in [5, 5.41) is 3.72. The van der Waals surface area contributed by atoms with Gasteiger partial charge in [0.25, 0.3) is 0 Å². The van der Waals surface area contributed by atoms with Crippen LogP contribution in [-0.2, 0) is 5.41 Å². The van der Waals surface area contributed by atoms with Gasteiger partial charge in [0.1, 0.15) is 0 Å². The lowest BCUT2D eigenvalue weighted by molar-refractivity contribution is 0.632. The number of nitrogens with zero attached hydrogens (tertiary/aromatic N) is 3. The van der Waals surface area contributed by atoms with Gasteiger partial charge in [-0.1, -0.05) is 129 Å². The molecule has 10 rings (SSSR count). The number of hydrogen-bond donors (Lipinski definition) is 0. The highest BCUT2D eigenvalue weighted by Crippen LogP contribution is 2.52. The Morgan fingerprint density at radius 2 is 0.980 bits per heavy atom. The van der Waals surface area contributed by atoms with Gasteiger partial charge in [-0.15, -0.1) is 0 Å². The Labute approximate surface area is 291 Å². The van der Waals surface area contributed by atoms with E-state index in [9.17, 15) is 0 Å². The summed E-state index contributed by atoms with van der Waals surface area (Å²) >= 11 is 0. The first-order valence-corrected chi connectivity index (χ1v) is 17.4. The molecule has 0 N–H and O–H groups in total. The van der Waals surface area contributed by atoms with Crippen molar-refractivity contribution >= 4 is 49.8 Å². The van der Waals surface area contributed by atoms with Gasteiger partial charge in [0.05, 0.1) is 27.9 Å². The zero-order valence-electron chi connectivity index (χ0n) is 28.1. The first-order chi connectivity index (χ1) is 24.6. The van der Waals surface area contributed by atoms with Crippen molar-refractivity contribution in [3.8, 4) is 22.5 Å². The van der Waals surface area contributed by atoms with Crippen LogP contribution in [0.3, 0.4) is 0 Å². The van der Waals surface area contributed by atoms with Crippen molar-refractivity contribution in [2.24, 2.45) is 0 Å². The van der Waals surface area contributed by atoms with E-state index < -0.39 is 0 Å². The Kier molecular flexibility index (Phi) is 6.22. The van der Waals surface area contributed by atoms with Gasteiger partial charge in [-0.2, -0.15) is 0 Å². The van der Waals surface area contributed by atoms with Crippen molar-refractivity contribution < 1.29 is 0 Å². The van der Waals surface area contributed by atoms with Crippen LogP contribution < -0.4 is 4.90 Å². The van der Waals surface area contributed by atoms with Gasteiger partial charge in [0.2, 0.25) is 0 Å². The third-order valence-corrected chi connectivity index (χ3v) is 10.7. The lowest BCUT2D eigenvalue weighted by atomic mass is 9.73. The normalized spacial score (nSPS) is 13.5. The number of para-hydroxylation sites is 4. The van der Waals surface area contributed by atoms with Crippen molar-refractivity contribution in [3.63, 3.8) is 0 Å². The fraction of sp³-hybridized carbons (Fsp3) is 0.0638. The molecular formula is C47H35N3. The maximum atomic E-state index is 2.46. The molecule has 3 nitrogen and oxygen atoms in total. The van der Waals surface area contributed by atoms with E-state index in [1.165, 1.54) is 66.3 Å². The van der Waals surface area contributed by atoms with Crippen molar-refractivity contribution in [1.82, 2.24) is 9.13 Å². The minimum atomic E-state index is -0.0930. The van der Waals surface area contributed by atoms with Crippen molar-refractivity contribution in [1.29, 1.82) is 0 Å². The maximum absolute atomic E-state index is 2.46. The van der Waals surface area contributed by atoms with Crippen LogP contribution in [0.25, 0.3) is 55.2 Å². The minimum Gasteiger partial charge on any atom is -0.314 e. The Morgan fingerprint density at radius 3 is 1.68 bits per heavy atom. The van der Waals surface area contributed by atoms with Crippen LogP contribution in [0.2, 0.25) is 0 Å². The van der Waals surface area contributed by atoms with Crippen LogP contribution in [0, 0.1) is 0 Å². The van der Waals surface area contributed by atoms with E-state index in [-0.39, 0.29) is 5.41 Å². The Hall–Kier alpha value is -6.32. The number of fused-ring (bicyclic) bond motifs is 7. The molecule has 0 saturated carbocycles. The second kappa shape index (κ2) is 10.8. The van der Waals surface area contributed by atoms with Crippen LogP contribution in [0.5, 0.6) is 0 Å². The monoisotopic (exact) mass is 641 g/mol. The molecule has 50 heavy (non-hydrogen) atoms. The van der Waals surface area contributed by atoms with Crippen LogP contribution in [0.4, 0.5) is 17.1 Å². The molecule has 7 aromatic carbocycles. The van der Waals surface area contributed by atoms with Gasteiger partial charge in [0, 0.05) is 50.4 Å². The second-order valence-corrected chi connectivity index (χ2v) is 13.8. The Morgan fingerprint density at radius 1 is 0.420 bits per heavy atom.